The standard InChI is InChI=1S/C30H38N4O3/c1-30(2,3)37-29(36)34-25-10-9-20(19-33-11-7-6-8-12-33)13-22(25)16-26(34)24-15-21(18-32(4)5)14-23-17-31-28(35)27(23)24/h9-10,13-16H,6-8,11-12,17-19H2,1-5H3,(H,31,35). The first kappa shape index (κ1) is 25.5. The van der Waals surface area contributed by atoms with Crippen molar-refractivity contribution < 1.29 is 14.3 Å². The fourth-order valence-electron chi connectivity index (χ4n) is 5.54. The first-order chi connectivity index (χ1) is 17.6. The molecule has 0 atom stereocenters. The number of nitrogens with zero attached hydrogens (tertiary/aromatic N) is 3. The molecule has 0 spiro atoms. The zero-order chi connectivity index (χ0) is 26.3. The minimum atomic E-state index is -0.648. The molecule has 3 heterocycles. The van der Waals surface area contributed by atoms with E-state index in [1.54, 1.807) is 4.57 Å². The number of fused-ring (bicyclic) bond motifs is 2. The van der Waals surface area contributed by atoms with E-state index in [1.165, 1.54) is 24.8 Å². The molecule has 5 rings (SSSR count). The number of benzene rings is 2. The molecule has 0 aliphatic carbocycles. The molecule has 1 saturated heterocycles. The molecule has 0 bridgehead atoms. The van der Waals surface area contributed by atoms with Crippen molar-refractivity contribution in [1.82, 2.24) is 19.7 Å². The minimum absolute atomic E-state index is 0.104. The lowest BCUT2D eigenvalue weighted by molar-refractivity contribution is 0.0547. The van der Waals surface area contributed by atoms with Gasteiger partial charge >= 0.3 is 6.09 Å². The van der Waals surface area contributed by atoms with E-state index in [4.69, 9.17) is 4.74 Å². The van der Waals surface area contributed by atoms with Crippen LogP contribution in [-0.2, 0) is 24.4 Å². The Balaban J connectivity index is 1.66. The van der Waals surface area contributed by atoms with Gasteiger partial charge in [0.05, 0.1) is 16.8 Å². The average Bonchev–Trinajstić information content (AvgIpc) is 3.38. The number of aromatic nitrogens is 1. The van der Waals surface area contributed by atoms with Crippen LogP contribution in [0.2, 0.25) is 0 Å². The van der Waals surface area contributed by atoms with Crippen molar-refractivity contribution in [3.8, 4) is 11.3 Å². The van der Waals surface area contributed by atoms with Gasteiger partial charge in [-0.15, -0.1) is 0 Å². The van der Waals surface area contributed by atoms with E-state index in [-0.39, 0.29) is 5.91 Å². The van der Waals surface area contributed by atoms with Crippen LogP contribution in [0, 0.1) is 0 Å². The molecular weight excluding hydrogens is 464 g/mol. The number of ether oxygens (including phenoxy) is 1. The minimum Gasteiger partial charge on any atom is -0.443 e. The third kappa shape index (κ3) is 5.43. The first-order valence-electron chi connectivity index (χ1n) is 13.3. The molecule has 0 unspecified atom stereocenters. The summed E-state index contributed by atoms with van der Waals surface area (Å²) in [5, 5.41) is 3.94. The van der Waals surface area contributed by atoms with Crippen molar-refractivity contribution >= 4 is 22.9 Å². The van der Waals surface area contributed by atoms with Crippen molar-refractivity contribution in [2.24, 2.45) is 0 Å². The SMILES string of the molecule is CN(C)Cc1cc2c(c(-c3cc4cc(CN5CCCCC5)ccc4n3C(=O)OC(C)(C)C)c1)C(=O)NC2. The molecule has 1 fully saturated rings. The summed E-state index contributed by atoms with van der Waals surface area (Å²) in [5.74, 6) is -0.104. The molecule has 2 aliphatic rings. The van der Waals surface area contributed by atoms with Crippen LogP contribution >= 0.6 is 0 Å². The largest absolute Gasteiger partial charge is 0.443 e. The topological polar surface area (TPSA) is 66.8 Å². The van der Waals surface area contributed by atoms with Crippen LogP contribution in [-0.4, -0.2) is 59.2 Å². The van der Waals surface area contributed by atoms with Crippen molar-refractivity contribution in [2.75, 3.05) is 27.2 Å². The third-order valence-electron chi connectivity index (χ3n) is 7.02. The summed E-state index contributed by atoms with van der Waals surface area (Å²) in [4.78, 5) is 31.1. The molecule has 0 saturated carbocycles. The van der Waals surface area contributed by atoms with Gasteiger partial charge < -0.3 is 15.0 Å². The lowest BCUT2D eigenvalue weighted by atomic mass is 9.96. The predicted octanol–water partition coefficient (Wildman–Crippen LogP) is 5.38. The number of likely N-dealkylation sites (tertiary alicyclic amines) is 1. The Bertz CT molecular complexity index is 1340. The summed E-state index contributed by atoms with van der Waals surface area (Å²) < 4.78 is 7.50. The molecule has 7 heteroatoms. The molecule has 3 aromatic rings. The van der Waals surface area contributed by atoms with E-state index in [0.717, 1.165) is 53.8 Å². The van der Waals surface area contributed by atoms with Gasteiger partial charge in [0.25, 0.3) is 5.91 Å². The van der Waals surface area contributed by atoms with E-state index in [1.807, 2.05) is 53.1 Å². The Kier molecular flexibility index (Phi) is 6.86. The monoisotopic (exact) mass is 502 g/mol. The molecule has 1 aromatic heterocycles. The number of carbonyl (C=O) groups excluding carboxylic acids is 2. The molecule has 7 nitrogen and oxygen atoms in total. The average molecular weight is 503 g/mol. The van der Waals surface area contributed by atoms with Crippen LogP contribution in [0.5, 0.6) is 0 Å². The summed E-state index contributed by atoms with van der Waals surface area (Å²) in [6.07, 6.45) is 3.37. The van der Waals surface area contributed by atoms with E-state index < -0.39 is 11.7 Å². The van der Waals surface area contributed by atoms with Crippen LogP contribution in [0.1, 0.15) is 67.1 Å². The van der Waals surface area contributed by atoms with E-state index in [0.29, 0.717) is 17.8 Å². The Labute approximate surface area is 219 Å². The number of hydrogen-bond acceptors (Lipinski definition) is 5. The number of amides is 1. The summed E-state index contributed by atoms with van der Waals surface area (Å²) in [6.45, 7) is 10.0. The van der Waals surface area contributed by atoms with Gasteiger partial charge in [0.15, 0.2) is 0 Å². The molecule has 37 heavy (non-hydrogen) atoms. The highest BCUT2D eigenvalue weighted by atomic mass is 16.6. The Morgan fingerprint density at radius 1 is 1.03 bits per heavy atom. The van der Waals surface area contributed by atoms with Gasteiger partial charge in [-0.25, -0.2) is 9.36 Å². The van der Waals surface area contributed by atoms with Crippen molar-refractivity contribution in [3.63, 3.8) is 0 Å². The second-order valence-corrected chi connectivity index (χ2v) is 11.7. The molecule has 2 aromatic carbocycles. The zero-order valence-electron chi connectivity index (χ0n) is 22.7. The van der Waals surface area contributed by atoms with Crippen LogP contribution in [0.15, 0.2) is 36.4 Å². The second kappa shape index (κ2) is 9.95. The highest BCUT2D eigenvalue weighted by Crippen LogP contribution is 2.36. The van der Waals surface area contributed by atoms with Crippen molar-refractivity contribution in [1.29, 1.82) is 0 Å². The summed E-state index contributed by atoms with van der Waals surface area (Å²) in [7, 11) is 4.05. The predicted molar refractivity (Wildman–Crippen MR) is 147 cm³/mol. The van der Waals surface area contributed by atoms with Gasteiger partial charge in [-0.2, -0.15) is 0 Å². The maximum absolute atomic E-state index is 13.6. The fraction of sp³-hybridized carbons (Fsp3) is 0.467. The molecule has 2 aliphatic heterocycles. The number of carbonyl (C=O) groups is 2. The summed E-state index contributed by atoms with van der Waals surface area (Å²) in [6, 6.07) is 12.5. The number of hydrogen-bond donors (Lipinski definition) is 1. The molecular formula is C30H38N4O3. The first-order valence-corrected chi connectivity index (χ1v) is 13.3. The number of rotatable bonds is 5. The van der Waals surface area contributed by atoms with Gasteiger partial charge in [0, 0.05) is 30.6 Å². The highest BCUT2D eigenvalue weighted by Gasteiger charge is 2.29. The van der Waals surface area contributed by atoms with Crippen LogP contribution in [0.25, 0.3) is 22.2 Å². The molecule has 196 valence electrons. The lowest BCUT2D eigenvalue weighted by Crippen LogP contribution is -2.29. The fourth-order valence-corrected chi connectivity index (χ4v) is 5.54. The second-order valence-electron chi connectivity index (χ2n) is 11.7. The van der Waals surface area contributed by atoms with Gasteiger partial charge in [0.1, 0.15) is 5.60 Å². The Morgan fingerprint density at radius 3 is 2.49 bits per heavy atom. The van der Waals surface area contributed by atoms with Crippen molar-refractivity contribution in [3.05, 3.63) is 58.7 Å². The van der Waals surface area contributed by atoms with E-state index >= 15 is 0 Å². The van der Waals surface area contributed by atoms with Gasteiger partial charge in [-0.1, -0.05) is 18.6 Å². The van der Waals surface area contributed by atoms with Crippen LogP contribution < -0.4 is 5.32 Å². The normalized spacial score (nSPS) is 16.3. The third-order valence-corrected chi connectivity index (χ3v) is 7.02. The smallest absolute Gasteiger partial charge is 0.419 e. The number of piperidine rings is 1. The lowest BCUT2D eigenvalue weighted by Gasteiger charge is -2.26. The molecule has 1 amide bonds. The quantitative estimate of drug-likeness (QED) is 0.507. The summed E-state index contributed by atoms with van der Waals surface area (Å²) >= 11 is 0. The van der Waals surface area contributed by atoms with Gasteiger partial charge in [-0.05, 0) is 102 Å². The highest BCUT2D eigenvalue weighted by molar-refractivity contribution is 6.07. The zero-order valence-corrected chi connectivity index (χ0v) is 22.7. The van der Waals surface area contributed by atoms with Gasteiger partial charge in [-0.3, -0.25) is 9.69 Å². The number of nitrogens with one attached hydrogen (secondary N) is 1. The maximum atomic E-state index is 13.6. The Hall–Kier alpha value is -3.16. The van der Waals surface area contributed by atoms with Crippen LogP contribution in [0.3, 0.4) is 0 Å². The van der Waals surface area contributed by atoms with Crippen LogP contribution in [0.4, 0.5) is 4.79 Å². The molecule has 1 N–H and O–H groups in total. The van der Waals surface area contributed by atoms with Crippen molar-refractivity contribution in [2.45, 2.75) is 65.3 Å². The summed E-state index contributed by atoms with van der Waals surface area (Å²) in [5.41, 5.74) is 5.53. The Morgan fingerprint density at radius 2 is 1.78 bits per heavy atom. The molecule has 0 radical (unpaired) electrons. The van der Waals surface area contributed by atoms with Gasteiger partial charge in [0.2, 0.25) is 0 Å². The maximum Gasteiger partial charge on any atom is 0.419 e. The van der Waals surface area contributed by atoms with E-state index in [9.17, 15) is 9.59 Å². The van der Waals surface area contributed by atoms with E-state index in [2.05, 4.69) is 33.3 Å².